The molecule has 1 unspecified atom stereocenters. The molecule has 2 aliphatic rings. The normalized spacial score (nSPS) is 15.6. The Bertz CT molecular complexity index is 2120. The Labute approximate surface area is 242 Å². The maximum atomic E-state index is 9.30. The molecule has 0 bridgehead atoms. The van der Waals surface area contributed by atoms with Crippen LogP contribution in [0, 0.1) is 11.3 Å². The van der Waals surface area contributed by atoms with Crippen molar-refractivity contribution in [2.45, 2.75) is 16.6 Å². The predicted molar refractivity (Wildman–Crippen MR) is 169 cm³/mol. The Morgan fingerprint density at radius 3 is 2.41 bits per heavy atom. The van der Waals surface area contributed by atoms with Gasteiger partial charge in [0, 0.05) is 32.7 Å². The van der Waals surface area contributed by atoms with Crippen molar-refractivity contribution in [1.82, 2.24) is 9.97 Å². The largest absolute Gasteiger partial charge is 0.254 e. The van der Waals surface area contributed by atoms with Crippen molar-refractivity contribution in [3.05, 3.63) is 138 Å². The molecular weight excluding hydrogens is 518 g/mol. The van der Waals surface area contributed by atoms with Gasteiger partial charge in [-0.15, -0.1) is 11.8 Å². The number of fused-ring (bicyclic) bond motifs is 6. The van der Waals surface area contributed by atoms with Crippen molar-refractivity contribution < 1.29 is 0 Å². The third-order valence-corrected chi connectivity index (χ3v) is 9.36. The molecule has 0 fully saturated rings. The summed E-state index contributed by atoms with van der Waals surface area (Å²) in [7, 11) is 0. The number of thioether (sulfide) groups is 1. The molecule has 1 aliphatic carbocycles. The zero-order chi connectivity index (χ0) is 27.3. The Balaban J connectivity index is 1.21. The van der Waals surface area contributed by atoms with Crippen LogP contribution >= 0.6 is 11.8 Å². The van der Waals surface area contributed by atoms with Gasteiger partial charge in [-0.2, -0.15) is 5.26 Å². The van der Waals surface area contributed by atoms with Gasteiger partial charge in [-0.05, 0) is 76.2 Å². The van der Waals surface area contributed by atoms with Crippen LogP contribution in [0.2, 0.25) is 0 Å². The van der Waals surface area contributed by atoms with E-state index in [4.69, 9.17) is 4.98 Å². The van der Waals surface area contributed by atoms with Gasteiger partial charge in [-0.25, -0.2) is 4.98 Å². The minimum atomic E-state index is 0.407. The van der Waals surface area contributed by atoms with E-state index in [9.17, 15) is 5.26 Å². The van der Waals surface area contributed by atoms with E-state index in [-0.39, 0.29) is 0 Å². The lowest BCUT2D eigenvalue weighted by Crippen LogP contribution is -2.05. The third-order valence-electron chi connectivity index (χ3n) is 8.03. The Hall–Kier alpha value is -4.98. The van der Waals surface area contributed by atoms with Gasteiger partial charge in [-0.1, -0.05) is 78.9 Å². The number of rotatable bonds is 3. The number of nitriles is 1. The standard InChI is InChI=1S/C37H23N3S/c38-22-23-4-1-5-28(20-23)24-9-11-25(12-10-24)30-7-2-8-34-35(30)31-21-29(16-18-33(31)41-34)32-17-15-27-14-13-26-6-3-19-39-36(26)37(27)40-32/h1-7,9-21,34H,8H2. The van der Waals surface area contributed by atoms with Crippen LogP contribution < -0.4 is 0 Å². The van der Waals surface area contributed by atoms with E-state index < -0.39 is 0 Å². The smallest absolute Gasteiger partial charge is 0.0991 e. The molecule has 3 nitrogen and oxygen atoms in total. The van der Waals surface area contributed by atoms with E-state index in [0.29, 0.717) is 10.8 Å². The van der Waals surface area contributed by atoms with Crippen LogP contribution in [-0.2, 0) is 0 Å². The summed E-state index contributed by atoms with van der Waals surface area (Å²) < 4.78 is 0. The molecule has 0 N–H and O–H groups in total. The molecule has 192 valence electrons. The number of hydrogen-bond donors (Lipinski definition) is 0. The van der Waals surface area contributed by atoms with E-state index in [1.165, 1.54) is 27.2 Å². The van der Waals surface area contributed by atoms with Gasteiger partial charge in [0.1, 0.15) is 0 Å². The highest BCUT2D eigenvalue weighted by molar-refractivity contribution is 8.00. The summed E-state index contributed by atoms with van der Waals surface area (Å²) in [5.41, 5.74) is 12.0. The van der Waals surface area contributed by atoms with E-state index in [1.807, 2.05) is 42.2 Å². The lowest BCUT2D eigenvalue weighted by atomic mass is 9.86. The highest BCUT2D eigenvalue weighted by Gasteiger charge is 2.31. The fourth-order valence-electron chi connectivity index (χ4n) is 6.02. The van der Waals surface area contributed by atoms with E-state index in [1.54, 1.807) is 0 Å². The number of benzene rings is 4. The zero-order valence-electron chi connectivity index (χ0n) is 22.1. The fourth-order valence-corrected chi connectivity index (χ4v) is 7.35. The highest BCUT2D eigenvalue weighted by Crippen LogP contribution is 2.52. The van der Waals surface area contributed by atoms with Crippen molar-refractivity contribution in [3.8, 4) is 28.5 Å². The molecule has 4 heteroatoms. The summed E-state index contributed by atoms with van der Waals surface area (Å²) in [5.74, 6) is 0. The van der Waals surface area contributed by atoms with Crippen molar-refractivity contribution >= 4 is 44.7 Å². The number of pyridine rings is 2. The molecule has 41 heavy (non-hydrogen) atoms. The molecule has 2 aromatic heterocycles. The molecule has 1 aliphatic heterocycles. The van der Waals surface area contributed by atoms with Crippen LogP contribution in [0.15, 0.2) is 126 Å². The van der Waals surface area contributed by atoms with Crippen molar-refractivity contribution in [2.24, 2.45) is 0 Å². The van der Waals surface area contributed by atoms with Gasteiger partial charge >= 0.3 is 0 Å². The first-order chi connectivity index (χ1) is 20.2. The van der Waals surface area contributed by atoms with Gasteiger partial charge in [0.15, 0.2) is 0 Å². The first-order valence-corrected chi connectivity index (χ1v) is 14.6. The van der Waals surface area contributed by atoms with Crippen LogP contribution in [0.25, 0.3) is 55.3 Å². The Morgan fingerprint density at radius 2 is 1.54 bits per heavy atom. The SMILES string of the molecule is N#Cc1cccc(-c2ccc(C3=C4c5cc(-c6ccc7ccc8cccnc8c7n6)ccc5SC4CC=C3)cc2)c1. The van der Waals surface area contributed by atoms with Gasteiger partial charge in [0.25, 0.3) is 0 Å². The fraction of sp³-hybridized carbons (Fsp3) is 0.0541. The molecule has 0 saturated carbocycles. The predicted octanol–water partition coefficient (Wildman–Crippen LogP) is 9.33. The minimum absolute atomic E-state index is 0.407. The molecule has 1 atom stereocenters. The first kappa shape index (κ1) is 23.9. The van der Waals surface area contributed by atoms with Crippen LogP contribution in [0.3, 0.4) is 0 Å². The average Bonchev–Trinajstić information content (AvgIpc) is 3.43. The summed E-state index contributed by atoms with van der Waals surface area (Å²) in [6, 6.07) is 38.1. The number of hydrogen-bond acceptors (Lipinski definition) is 4. The second-order valence-electron chi connectivity index (χ2n) is 10.5. The van der Waals surface area contributed by atoms with E-state index >= 15 is 0 Å². The summed E-state index contributed by atoms with van der Waals surface area (Å²) in [4.78, 5) is 11.1. The van der Waals surface area contributed by atoms with E-state index in [0.717, 1.165) is 50.6 Å². The number of allylic oxidation sites excluding steroid dienone is 3. The first-order valence-electron chi connectivity index (χ1n) is 13.7. The molecule has 4 aromatic carbocycles. The maximum Gasteiger partial charge on any atom is 0.0991 e. The van der Waals surface area contributed by atoms with Crippen LogP contribution in [0.4, 0.5) is 0 Å². The van der Waals surface area contributed by atoms with Gasteiger partial charge in [-0.3, -0.25) is 4.98 Å². The van der Waals surface area contributed by atoms with E-state index in [2.05, 4.69) is 102 Å². The van der Waals surface area contributed by atoms with Gasteiger partial charge in [0.2, 0.25) is 0 Å². The summed E-state index contributed by atoms with van der Waals surface area (Å²) in [6.07, 6.45) is 7.45. The van der Waals surface area contributed by atoms with Crippen LogP contribution in [0.5, 0.6) is 0 Å². The molecule has 0 radical (unpaired) electrons. The molecule has 6 aromatic rings. The second-order valence-corrected chi connectivity index (χ2v) is 11.7. The third kappa shape index (κ3) is 4.06. The molecule has 0 amide bonds. The maximum absolute atomic E-state index is 9.30. The summed E-state index contributed by atoms with van der Waals surface area (Å²) in [6.45, 7) is 0. The topological polar surface area (TPSA) is 49.6 Å². The van der Waals surface area contributed by atoms with Gasteiger partial charge in [0.05, 0.1) is 28.4 Å². The zero-order valence-corrected chi connectivity index (χ0v) is 22.9. The second kappa shape index (κ2) is 9.59. The molecule has 8 rings (SSSR count). The van der Waals surface area contributed by atoms with Crippen molar-refractivity contribution in [1.29, 1.82) is 5.26 Å². The lowest BCUT2D eigenvalue weighted by Gasteiger charge is -2.19. The molecule has 0 spiro atoms. The molecular formula is C37H23N3S. The van der Waals surface area contributed by atoms with Crippen LogP contribution in [-0.4, -0.2) is 15.2 Å². The Kier molecular flexibility index (Phi) is 5.58. The van der Waals surface area contributed by atoms with Crippen molar-refractivity contribution in [2.75, 3.05) is 0 Å². The number of nitrogens with zero attached hydrogens (tertiary/aromatic N) is 3. The lowest BCUT2D eigenvalue weighted by molar-refractivity contribution is 1.09. The minimum Gasteiger partial charge on any atom is -0.254 e. The van der Waals surface area contributed by atoms with Gasteiger partial charge < -0.3 is 0 Å². The molecule has 3 heterocycles. The summed E-state index contributed by atoms with van der Waals surface area (Å²) >= 11 is 1.96. The monoisotopic (exact) mass is 541 g/mol. The number of aromatic nitrogens is 2. The average molecular weight is 542 g/mol. The quantitative estimate of drug-likeness (QED) is 0.209. The summed E-state index contributed by atoms with van der Waals surface area (Å²) in [5, 5.41) is 11.9. The Morgan fingerprint density at radius 1 is 0.732 bits per heavy atom. The molecule has 0 saturated heterocycles. The van der Waals surface area contributed by atoms with Crippen LogP contribution in [0.1, 0.15) is 23.1 Å². The van der Waals surface area contributed by atoms with Crippen molar-refractivity contribution in [3.63, 3.8) is 0 Å². The highest BCUT2D eigenvalue weighted by atomic mass is 32.2.